The number of rotatable bonds is 5. The summed E-state index contributed by atoms with van der Waals surface area (Å²) in [5, 5.41) is 0. The van der Waals surface area contributed by atoms with Gasteiger partial charge in [0.15, 0.2) is 0 Å². The zero-order chi connectivity index (χ0) is 15.1. The highest BCUT2D eigenvalue weighted by atomic mass is 35.5. The first-order valence-corrected chi connectivity index (χ1v) is 8.34. The second-order valence-electron chi connectivity index (χ2n) is 4.30. The summed E-state index contributed by atoms with van der Waals surface area (Å²) in [6.07, 6.45) is 0. The van der Waals surface area contributed by atoms with E-state index in [-0.39, 0.29) is 16.6 Å². The Morgan fingerprint density at radius 3 is 2.14 bits per heavy atom. The maximum atomic E-state index is 12.2. The molecule has 1 N–H and O–H groups in total. The number of aliphatic imine (C=N–C) groups is 1. The van der Waals surface area contributed by atoms with Crippen LogP contribution in [0.25, 0.3) is 0 Å². The highest BCUT2D eigenvalue weighted by Crippen LogP contribution is 2.08. The molecule has 2 aromatic carbocycles. The summed E-state index contributed by atoms with van der Waals surface area (Å²) in [4.78, 5) is 4.40. The number of nitrogens with zero attached hydrogens (tertiary/aromatic N) is 1. The van der Waals surface area contributed by atoms with Crippen LogP contribution in [0.4, 0.5) is 0 Å². The molecule has 0 atom stereocenters. The first kappa shape index (κ1) is 15.5. The molecular formula is C15H15ClN2O2S. The van der Waals surface area contributed by atoms with Gasteiger partial charge in [-0.2, -0.15) is 0 Å². The number of benzene rings is 2. The monoisotopic (exact) mass is 322 g/mol. The van der Waals surface area contributed by atoms with Crippen molar-refractivity contribution in [3.05, 3.63) is 66.2 Å². The van der Waals surface area contributed by atoms with E-state index in [0.717, 1.165) is 5.56 Å². The van der Waals surface area contributed by atoms with Gasteiger partial charge in [-0.15, -0.1) is 11.6 Å². The van der Waals surface area contributed by atoms with Crippen LogP contribution in [0, 0.1) is 0 Å². The number of hydrogen-bond acceptors (Lipinski definition) is 3. The topological polar surface area (TPSA) is 58.5 Å². The van der Waals surface area contributed by atoms with Crippen LogP contribution in [0.2, 0.25) is 0 Å². The third-order valence-electron chi connectivity index (χ3n) is 2.73. The Balaban J connectivity index is 2.12. The molecule has 0 amide bonds. The van der Waals surface area contributed by atoms with Gasteiger partial charge in [0.1, 0.15) is 5.84 Å². The maximum absolute atomic E-state index is 12.2. The Hall–Kier alpha value is -1.85. The van der Waals surface area contributed by atoms with E-state index >= 15 is 0 Å². The van der Waals surface area contributed by atoms with Gasteiger partial charge in [0.2, 0.25) is 0 Å². The Bertz CT molecular complexity index is 701. The molecule has 0 aliphatic heterocycles. The fourth-order valence-corrected chi connectivity index (χ4v) is 3.00. The van der Waals surface area contributed by atoms with Gasteiger partial charge in [0, 0.05) is 0 Å². The summed E-state index contributed by atoms with van der Waals surface area (Å²) < 4.78 is 26.7. The number of halogens is 1. The van der Waals surface area contributed by atoms with Crippen molar-refractivity contribution in [1.82, 2.24) is 4.72 Å². The molecule has 4 nitrogen and oxygen atoms in total. The highest BCUT2D eigenvalue weighted by Gasteiger charge is 2.15. The molecule has 0 aromatic heterocycles. The van der Waals surface area contributed by atoms with Crippen molar-refractivity contribution in [2.24, 2.45) is 4.99 Å². The van der Waals surface area contributed by atoms with Crippen LogP contribution in [-0.4, -0.2) is 20.1 Å². The summed E-state index contributed by atoms with van der Waals surface area (Å²) in [5.41, 5.74) is 0.985. The fraction of sp³-hybridized carbons (Fsp3) is 0.133. The van der Waals surface area contributed by atoms with E-state index in [4.69, 9.17) is 11.6 Å². The maximum Gasteiger partial charge on any atom is 0.262 e. The molecule has 0 aliphatic carbocycles. The molecule has 6 heteroatoms. The van der Waals surface area contributed by atoms with Crippen molar-refractivity contribution in [2.75, 3.05) is 5.88 Å². The molecule has 2 rings (SSSR count). The average molecular weight is 323 g/mol. The SMILES string of the molecule is O=S(=O)(NC(CCl)=NCc1ccccc1)c1ccccc1. The van der Waals surface area contributed by atoms with Crippen molar-refractivity contribution in [3.63, 3.8) is 0 Å². The number of hydrogen-bond donors (Lipinski definition) is 1. The summed E-state index contributed by atoms with van der Waals surface area (Å²) in [5.74, 6) is 0.225. The van der Waals surface area contributed by atoms with Gasteiger partial charge in [0.05, 0.1) is 17.3 Å². The molecule has 110 valence electrons. The van der Waals surface area contributed by atoms with E-state index < -0.39 is 10.0 Å². The van der Waals surface area contributed by atoms with Crippen molar-refractivity contribution < 1.29 is 8.42 Å². The standard InChI is InChI=1S/C15H15ClN2O2S/c16-11-15(17-12-13-7-3-1-4-8-13)18-21(19,20)14-9-5-2-6-10-14/h1-10H,11-12H2,(H,17,18). The molecule has 0 aliphatic rings. The molecule has 0 heterocycles. The first-order chi connectivity index (χ1) is 10.1. The summed E-state index contributed by atoms with van der Waals surface area (Å²) in [6.45, 7) is 0.375. The van der Waals surface area contributed by atoms with Crippen LogP contribution in [-0.2, 0) is 16.6 Å². The lowest BCUT2D eigenvalue weighted by Crippen LogP contribution is -2.31. The van der Waals surface area contributed by atoms with Gasteiger partial charge >= 0.3 is 0 Å². The third kappa shape index (κ3) is 4.58. The number of sulfonamides is 1. The molecule has 0 radical (unpaired) electrons. The van der Waals surface area contributed by atoms with Gasteiger partial charge < -0.3 is 0 Å². The molecule has 0 unspecified atom stereocenters. The molecule has 0 bridgehead atoms. The van der Waals surface area contributed by atoms with Crippen molar-refractivity contribution in [3.8, 4) is 0 Å². The lowest BCUT2D eigenvalue weighted by atomic mass is 10.2. The number of alkyl halides is 1. The van der Waals surface area contributed by atoms with Gasteiger partial charge in [-0.05, 0) is 17.7 Å². The predicted octanol–water partition coefficient (Wildman–Crippen LogP) is 2.80. The molecule has 2 aromatic rings. The minimum absolute atomic E-state index is 0.00109. The van der Waals surface area contributed by atoms with Crippen molar-refractivity contribution in [1.29, 1.82) is 0 Å². The van der Waals surface area contributed by atoms with Gasteiger partial charge in [0.25, 0.3) is 10.0 Å². The van der Waals surface area contributed by atoms with E-state index in [1.807, 2.05) is 30.3 Å². The highest BCUT2D eigenvalue weighted by molar-refractivity contribution is 7.90. The molecule has 0 spiro atoms. The third-order valence-corrected chi connectivity index (χ3v) is 4.38. The minimum atomic E-state index is -3.64. The molecule has 21 heavy (non-hydrogen) atoms. The van der Waals surface area contributed by atoms with Crippen molar-refractivity contribution in [2.45, 2.75) is 11.4 Å². The van der Waals surface area contributed by atoms with E-state index in [0.29, 0.717) is 6.54 Å². The van der Waals surface area contributed by atoms with E-state index in [2.05, 4.69) is 9.71 Å². The van der Waals surface area contributed by atoms with Crippen LogP contribution in [0.15, 0.2) is 70.6 Å². The lowest BCUT2D eigenvalue weighted by molar-refractivity contribution is 0.592. The fourth-order valence-electron chi connectivity index (χ4n) is 1.69. The van der Waals surface area contributed by atoms with Crippen LogP contribution in [0.5, 0.6) is 0 Å². The zero-order valence-electron chi connectivity index (χ0n) is 11.2. The smallest absolute Gasteiger partial charge is 0.262 e. The summed E-state index contributed by atoms with van der Waals surface area (Å²) in [6, 6.07) is 17.7. The van der Waals surface area contributed by atoms with E-state index in [1.165, 1.54) is 12.1 Å². The van der Waals surface area contributed by atoms with Crippen LogP contribution in [0.3, 0.4) is 0 Å². The minimum Gasteiger partial charge on any atom is -0.266 e. The van der Waals surface area contributed by atoms with Crippen LogP contribution in [0.1, 0.15) is 5.56 Å². The van der Waals surface area contributed by atoms with Crippen molar-refractivity contribution >= 4 is 27.5 Å². The molecule has 0 saturated carbocycles. The Morgan fingerprint density at radius 1 is 1.00 bits per heavy atom. The van der Waals surface area contributed by atoms with Gasteiger partial charge in [-0.3, -0.25) is 9.71 Å². The largest absolute Gasteiger partial charge is 0.266 e. The Labute approximate surface area is 129 Å². The Kier molecular flexibility index (Phi) is 5.36. The van der Waals surface area contributed by atoms with Crippen LogP contribution >= 0.6 is 11.6 Å². The predicted molar refractivity (Wildman–Crippen MR) is 85.1 cm³/mol. The molecule has 0 saturated heterocycles. The normalized spacial score (nSPS) is 12.1. The summed E-state index contributed by atoms with van der Waals surface area (Å²) >= 11 is 5.77. The van der Waals surface area contributed by atoms with Gasteiger partial charge in [-0.1, -0.05) is 48.5 Å². The molecular weight excluding hydrogens is 308 g/mol. The second kappa shape index (κ2) is 7.24. The lowest BCUT2D eigenvalue weighted by Gasteiger charge is -2.09. The quantitative estimate of drug-likeness (QED) is 0.523. The first-order valence-electron chi connectivity index (χ1n) is 6.33. The van der Waals surface area contributed by atoms with E-state index in [1.54, 1.807) is 18.2 Å². The second-order valence-corrected chi connectivity index (χ2v) is 6.25. The zero-order valence-corrected chi connectivity index (χ0v) is 12.8. The molecule has 0 fully saturated rings. The van der Waals surface area contributed by atoms with Crippen LogP contribution < -0.4 is 4.72 Å². The van der Waals surface area contributed by atoms with E-state index in [9.17, 15) is 8.42 Å². The Morgan fingerprint density at radius 2 is 1.57 bits per heavy atom. The summed E-state index contributed by atoms with van der Waals surface area (Å²) in [7, 11) is -3.64. The number of amidine groups is 1. The van der Waals surface area contributed by atoms with Gasteiger partial charge in [-0.25, -0.2) is 8.42 Å². The average Bonchev–Trinajstić information content (AvgIpc) is 2.53. The number of nitrogens with one attached hydrogen (secondary N) is 1.